The standard InChI is InChI=1S/C14H21ClN2/c1-2-17(11-13-7-5-9-16-13)10-12-6-3-4-8-14(12)15/h3-4,6,8,13,16H,2,5,7,9-11H2,1H3/t13-/m1/s1. The lowest BCUT2D eigenvalue weighted by Crippen LogP contribution is -2.37. The van der Waals surface area contributed by atoms with Gasteiger partial charge in [0.2, 0.25) is 0 Å². The van der Waals surface area contributed by atoms with Crippen molar-refractivity contribution in [2.45, 2.75) is 32.4 Å². The molecule has 0 amide bonds. The molecule has 1 fully saturated rings. The number of halogens is 1. The van der Waals surface area contributed by atoms with E-state index in [0.717, 1.165) is 24.7 Å². The molecule has 0 bridgehead atoms. The maximum Gasteiger partial charge on any atom is 0.0451 e. The van der Waals surface area contributed by atoms with Gasteiger partial charge < -0.3 is 5.32 Å². The Morgan fingerprint density at radius 2 is 2.24 bits per heavy atom. The topological polar surface area (TPSA) is 15.3 Å². The number of hydrogen-bond acceptors (Lipinski definition) is 2. The Hall–Kier alpha value is -0.570. The van der Waals surface area contributed by atoms with E-state index in [4.69, 9.17) is 11.6 Å². The fraction of sp³-hybridized carbons (Fsp3) is 0.571. The van der Waals surface area contributed by atoms with Gasteiger partial charge in [-0.1, -0.05) is 36.7 Å². The third-order valence-corrected chi connectivity index (χ3v) is 3.81. The average molecular weight is 253 g/mol. The van der Waals surface area contributed by atoms with Crippen LogP contribution in [-0.4, -0.2) is 30.6 Å². The number of likely N-dealkylation sites (N-methyl/N-ethyl adjacent to an activating group) is 1. The van der Waals surface area contributed by atoms with Crippen LogP contribution in [0, 0.1) is 0 Å². The minimum absolute atomic E-state index is 0.664. The fourth-order valence-electron chi connectivity index (χ4n) is 2.40. The van der Waals surface area contributed by atoms with Gasteiger partial charge in [-0.2, -0.15) is 0 Å². The second kappa shape index (κ2) is 6.39. The third-order valence-electron chi connectivity index (χ3n) is 3.44. The molecule has 1 N–H and O–H groups in total. The molecule has 0 unspecified atom stereocenters. The third kappa shape index (κ3) is 3.70. The summed E-state index contributed by atoms with van der Waals surface area (Å²) in [6.45, 7) is 6.54. The fourth-order valence-corrected chi connectivity index (χ4v) is 2.59. The van der Waals surface area contributed by atoms with Crippen molar-refractivity contribution in [2.75, 3.05) is 19.6 Å². The first kappa shape index (κ1) is 12.9. The zero-order valence-electron chi connectivity index (χ0n) is 10.5. The number of benzene rings is 1. The van der Waals surface area contributed by atoms with Crippen molar-refractivity contribution in [3.05, 3.63) is 34.9 Å². The molecule has 2 nitrogen and oxygen atoms in total. The summed E-state index contributed by atoms with van der Waals surface area (Å²) in [6, 6.07) is 8.80. The summed E-state index contributed by atoms with van der Waals surface area (Å²) in [5.74, 6) is 0. The maximum absolute atomic E-state index is 6.20. The molecule has 1 aliphatic heterocycles. The first-order valence-electron chi connectivity index (χ1n) is 6.48. The molecule has 0 saturated carbocycles. The highest BCUT2D eigenvalue weighted by Crippen LogP contribution is 2.17. The van der Waals surface area contributed by atoms with Crippen molar-refractivity contribution in [3.63, 3.8) is 0 Å². The van der Waals surface area contributed by atoms with Gasteiger partial charge in [-0.15, -0.1) is 0 Å². The average Bonchev–Trinajstić information content (AvgIpc) is 2.84. The molecule has 1 atom stereocenters. The highest BCUT2D eigenvalue weighted by molar-refractivity contribution is 6.31. The lowest BCUT2D eigenvalue weighted by Gasteiger charge is -2.24. The number of hydrogen-bond donors (Lipinski definition) is 1. The van der Waals surface area contributed by atoms with Gasteiger partial charge in [-0.25, -0.2) is 0 Å². The molecular formula is C14H21ClN2. The summed E-state index contributed by atoms with van der Waals surface area (Å²) in [4.78, 5) is 2.46. The summed E-state index contributed by atoms with van der Waals surface area (Å²) in [7, 11) is 0. The second-order valence-corrected chi connectivity index (χ2v) is 5.12. The molecule has 1 heterocycles. The van der Waals surface area contributed by atoms with Gasteiger partial charge in [0.25, 0.3) is 0 Å². The van der Waals surface area contributed by atoms with Gasteiger partial charge in [-0.3, -0.25) is 4.90 Å². The molecule has 0 radical (unpaired) electrons. The Kier molecular flexibility index (Phi) is 4.84. The Balaban J connectivity index is 1.92. The Labute approximate surface area is 109 Å². The Morgan fingerprint density at radius 1 is 1.41 bits per heavy atom. The highest BCUT2D eigenvalue weighted by Gasteiger charge is 2.17. The van der Waals surface area contributed by atoms with Crippen LogP contribution in [0.3, 0.4) is 0 Å². The Morgan fingerprint density at radius 3 is 2.88 bits per heavy atom. The van der Waals surface area contributed by atoms with E-state index in [1.165, 1.54) is 24.9 Å². The zero-order chi connectivity index (χ0) is 12.1. The highest BCUT2D eigenvalue weighted by atomic mass is 35.5. The van der Waals surface area contributed by atoms with Crippen molar-refractivity contribution < 1.29 is 0 Å². The van der Waals surface area contributed by atoms with E-state index in [2.05, 4.69) is 29.3 Å². The van der Waals surface area contributed by atoms with Crippen LogP contribution in [-0.2, 0) is 6.54 Å². The van der Waals surface area contributed by atoms with Gasteiger partial charge in [-0.05, 0) is 37.6 Å². The SMILES string of the molecule is CCN(Cc1ccccc1Cl)C[C@H]1CCCN1. The largest absolute Gasteiger partial charge is 0.313 e. The summed E-state index contributed by atoms with van der Waals surface area (Å²) in [5, 5.41) is 4.43. The number of nitrogens with zero attached hydrogens (tertiary/aromatic N) is 1. The van der Waals surface area contributed by atoms with Crippen LogP contribution in [0.4, 0.5) is 0 Å². The minimum atomic E-state index is 0.664. The van der Waals surface area contributed by atoms with E-state index in [-0.39, 0.29) is 0 Å². The predicted molar refractivity (Wildman–Crippen MR) is 73.4 cm³/mol. The van der Waals surface area contributed by atoms with E-state index >= 15 is 0 Å². The molecule has 0 spiro atoms. The van der Waals surface area contributed by atoms with Crippen LogP contribution in [0.2, 0.25) is 5.02 Å². The van der Waals surface area contributed by atoms with Crippen molar-refractivity contribution in [2.24, 2.45) is 0 Å². The number of nitrogens with one attached hydrogen (secondary N) is 1. The summed E-state index contributed by atoms with van der Waals surface area (Å²) >= 11 is 6.20. The van der Waals surface area contributed by atoms with Crippen LogP contribution < -0.4 is 5.32 Å². The smallest absolute Gasteiger partial charge is 0.0451 e. The van der Waals surface area contributed by atoms with Gasteiger partial charge in [0.05, 0.1) is 0 Å². The molecule has 17 heavy (non-hydrogen) atoms. The predicted octanol–water partition coefficient (Wildman–Crippen LogP) is 2.91. The zero-order valence-corrected chi connectivity index (χ0v) is 11.2. The lowest BCUT2D eigenvalue weighted by atomic mass is 10.1. The monoisotopic (exact) mass is 252 g/mol. The first-order valence-corrected chi connectivity index (χ1v) is 6.86. The van der Waals surface area contributed by atoms with Crippen LogP contribution in [0.15, 0.2) is 24.3 Å². The second-order valence-electron chi connectivity index (χ2n) is 4.71. The summed E-state index contributed by atoms with van der Waals surface area (Å²) < 4.78 is 0. The van der Waals surface area contributed by atoms with Crippen LogP contribution >= 0.6 is 11.6 Å². The van der Waals surface area contributed by atoms with E-state index in [9.17, 15) is 0 Å². The van der Waals surface area contributed by atoms with Gasteiger partial charge in [0.1, 0.15) is 0 Å². The quantitative estimate of drug-likeness (QED) is 0.867. The lowest BCUT2D eigenvalue weighted by molar-refractivity contribution is 0.253. The van der Waals surface area contributed by atoms with E-state index in [0.29, 0.717) is 6.04 Å². The van der Waals surface area contributed by atoms with Crippen molar-refractivity contribution >= 4 is 11.6 Å². The van der Waals surface area contributed by atoms with Gasteiger partial charge >= 0.3 is 0 Å². The van der Waals surface area contributed by atoms with E-state index < -0.39 is 0 Å². The minimum Gasteiger partial charge on any atom is -0.313 e. The molecule has 1 saturated heterocycles. The molecule has 2 rings (SSSR count). The molecule has 1 aromatic rings. The molecule has 3 heteroatoms. The summed E-state index contributed by atoms with van der Waals surface area (Å²) in [6.07, 6.45) is 2.62. The molecular weight excluding hydrogens is 232 g/mol. The van der Waals surface area contributed by atoms with Crippen molar-refractivity contribution in [1.29, 1.82) is 0 Å². The van der Waals surface area contributed by atoms with Crippen LogP contribution in [0.25, 0.3) is 0 Å². The summed E-state index contributed by atoms with van der Waals surface area (Å²) in [5.41, 5.74) is 1.23. The van der Waals surface area contributed by atoms with Crippen LogP contribution in [0.5, 0.6) is 0 Å². The van der Waals surface area contributed by atoms with Gasteiger partial charge in [0.15, 0.2) is 0 Å². The normalized spacial score (nSPS) is 20.1. The van der Waals surface area contributed by atoms with E-state index in [1.54, 1.807) is 0 Å². The van der Waals surface area contributed by atoms with Crippen molar-refractivity contribution in [1.82, 2.24) is 10.2 Å². The maximum atomic E-state index is 6.20. The van der Waals surface area contributed by atoms with Gasteiger partial charge in [0, 0.05) is 24.2 Å². The molecule has 1 aromatic carbocycles. The molecule has 1 aliphatic rings. The van der Waals surface area contributed by atoms with E-state index in [1.807, 2.05) is 12.1 Å². The molecule has 0 aliphatic carbocycles. The Bertz CT molecular complexity index is 348. The van der Waals surface area contributed by atoms with Crippen LogP contribution in [0.1, 0.15) is 25.3 Å². The van der Waals surface area contributed by atoms with Crippen molar-refractivity contribution in [3.8, 4) is 0 Å². The first-order chi connectivity index (χ1) is 8.29. The number of rotatable bonds is 5. The molecule has 94 valence electrons. The molecule has 0 aromatic heterocycles.